The molecule has 0 bridgehead atoms. The Labute approximate surface area is 137 Å². The molecule has 0 radical (unpaired) electrons. The molecule has 2 fully saturated rings. The molecule has 0 aliphatic carbocycles. The Kier molecular flexibility index (Phi) is 4.10. The highest BCUT2D eigenvalue weighted by Crippen LogP contribution is 2.37. The smallest absolute Gasteiger partial charge is 0.414 e. The van der Waals surface area contributed by atoms with Crippen LogP contribution in [0.25, 0.3) is 0 Å². The first kappa shape index (κ1) is 16.3. The SMILES string of the molecule is CC1(C)CC(NCc2ccc(N3CCOC3=O)cc2)C(C)(C)O1. The Balaban J connectivity index is 1.60. The molecule has 2 saturated heterocycles. The lowest BCUT2D eigenvalue weighted by molar-refractivity contribution is -0.0699. The molecule has 5 heteroatoms. The summed E-state index contributed by atoms with van der Waals surface area (Å²) < 4.78 is 11.1. The van der Waals surface area contributed by atoms with E-state index in [4.69, 9.17) is 9.47 Å². The van der Waals surface area contributed by atoms with E-state index >= 15 is 0 Å². The van der Waals surface area contributed by atoms with Crippen LogP contribution < -0.4 is 10.2 Å². The number of benzene rings is 1. The first-order valence-corrected chi connectivity index (χ1v) is 8.24. The zero-order chi connectivity index (χ0) is 16.7. The molecule has 2 aliphatic heterocycles. The van der Waals surface area contributed by atoms with Crippen LogP contribution in [0.5, 0.6) is 0 Å². The summed E-state index contributed by atoms with van der Waals surface area (Å²) in [4.78, 5) is 13.2. The average Bonchev–Trinajstić information content (AvgIpc) is 2.97. The molecular formula is C18H26N2O3. The largest absolute Gasteiger partial charge is 0.447 e. The Morgan fingerprint density at radius 3 is 2.43 bits per heavy atom. The van der Waals surface area contributed by atoms with Crippen molar-refractivity contribution in [2.75, 3.05) is 18.1 Å². The Hall–Kier alpha value is -1.59. The van der Waals surface area contributed by atoms with E-state index in [1.807, 2.05) is 12.1 Å². The lowest BCUT2D eigenvalue weighted by atomic mass is 9.94. The molecule has 0 aromatic heterocycles. The number of ether oxygens (including phenoxy) is 2. The Morgan fingerprint density at radius 2 is 1.91 bits per heavy atom. The number of rotatable bonds is 4. The second-order valence-corrected chi connectivity index (χ2v) is 7.54. The predicted molar refractivity (Wildman–Crippen MR) is 89.6 cm³/mol. The van der Waals surface area contributed by atoms with Crippen LogP contribution in [0.4, 0.5) is 10.5 Å². The maximum atomic E-state index is 11.6. The number of amides is 1. The summed E-state index contributed by atoms with van der Waals surface area (Å²) in [6.45, 7) is 10.4. The van der Waals surface area contributed by atoms with Crippen LogP contribution in [0, 0.1) is 0 Å². The molecule has 1 aromatic carbocycles. The summed E-state index contributed by atoms with van der Waals surface area (Å²) in [6, 6.07) is 8.39. The third-order valence-electron chi connectivity index (χ3n) is 4.64. The van der Waals surface area contributed by atoms with Crippen LogP contribution in [0.3, 0.4) is 0 Å². The summed E-state index contributed by atoms with van der Waals surface area (Å²) in [5, 5.41) is 3.61. The summed E-state index contributed by atoms with van der Waals surface area (Å²) in [5.41, 5.74) is 1.84. The van der Waals surface area contributed by atoms with Crippen LogP contribution in [0.15, 0.2) is 24.3 Å². The number of anilines is 1. The highest BCUT2D eigenvalue weighted by atomic mass is 16.6. The zero-order valence-corrected chi connectivity index (χ0v) is 14.4. The number of hydrogen-bond acceptors (Lipinski definition) is 4. The van der Waals surface area contributed by atoms with Gasteiger partial charge in [-0.15, -0.1) is 0 Å². The molecule has 1 amide bonds. The summed E-state index contributed by atoms with van der Waals surface area (Å²) in [5.74, 6) is 0. The van der Waals surface area contributed by atoms with Crippen molar-refractivity contribution in [3.8, 4) is 0 Å². The minimum absolute atomic E-state index is 0.0822. The predicted octanol–water partition coefficient (Wildman–Crippen LogP) is 3.08. The fourth-order valence-corrected chi connectivity index (χ4v) is 3.54. The van der Waals surface area contributed by atoms with Gasteiger partial charge in [-0.25, -0.2) is 4.79 Å². The molecule has 1 aromatic rings. The van der Waals surface area contributed by atoms with Gasteiger partial charge in [0.25, 0.3) is 0 Å². The molecule has 126 valence electrons. The summed E-state index contributed by atoms with van der Waals surface area (Å²) >= 11 is 0. The van der Waals surface area contributed by atoms with Gasteiger partial charge in [0.1, 0.15) is 6.61 Å². The monoisotopic (exact) mass is 318 g/mol. The highest BCUT2D eigenvalue weighted by molar-refractivity contribution is 5.89. The van der Waals surface area contributed by atoms with Crippen LogP contribution in [-0.2, 0) is 16.0 Å². The Bertz CT molecular complexity index is 580. The first-order valence-electron chi connectivity index (χ1n) is 8.24. The van der Waals surface area contributed by atoms with E-state index in [-0.39, 0.29) is 17.3 Å². The van der Waals surface area contributed by atoms with Crippen molar-refractivity contribution in [1.29, 1.82) is 0 Å². The van der Waals surface area contributed by atoms with Gasteiger partial charge in [0.15, 0.2) is 0 Å². The number of carbonyl (C=O) groups excluding carboxylic acids is 1. The van der Waals surface area contributed by atoms with Crippen LogP contribution in [0.1, 0.15) is 39.7 Å². The lowest BCUT2D eigenvalue weighted by Crippen LogP contribution is -2.42. The van der Waals surface area contributed by atoms with Gasteiger partial charge < -0.3 is 14.8 Å². The number of carbonyl (C=O) groups is 1. The fourth-order valence-electron chi connectivity index (χ4n) is 3.54. The van der Waals surface area contributed by atoms with E-state index in [9.17, 15) is 4.79 Å². The third kappa shape index (κ3) is 3.51. The van der Waals surface area contributed by atoms with E-state index in [1.165, 1.54) is 5.56 Å². The lowest BCUT2D eigenvalue weighted by Gasteiger charge is -2.28. The van der Waals surface area contributed by atoms with E-state index < -0.39 is 0 Å². The molecule has 5 nitrogen and oxygen atoms in total. The number of nitrogens with zero attached hydrogens (tertiary/aromatic N) is 1. The van der Waals surface area contributed by atoms with Gasteiger partial charge in [0, 0.05) is 18.3 Å². The molecule has 0 saturated carbocycles. The van der Waals surface area contributed by atoms with Crippen molar-refractivity contribution in [3.63, 3.8) is 0 Å². The first-order chi connectivity index (χ1) is 10.8. The average molecular weight is 318 g/mol. The standard InChI is InChI=1S/C18H26N2O3/c1-17(2)11-15(18(3,4)23-17)19-12-13-5-7-14(8-6-13)20-9-10-22-16(20)21/h5-8,15,19H,9-12H2,1-4H3. The molecule has 1 unspecified atom stereocenters. The topological polar surface area (TPSA) is 50.8 Å². The van der Waals surface area contributed by atoms with Gasteiger partial charge in [-0.3, -0.25) is 4.90 Å². The molecule has 1 atom stereocenters. The second kappa shape index (κ2) is 5.80. The zero-order valence-electron chi connectivity index (χ0n) is 14.4. The maximum Gasteiger partial charge on any atom is 0.414 e. The Morgan fingerprint density at radius 1 is 1.22 bits per heavy atom. The van der Waals surface area contributed by atoms with Crippen LogP contribution >= 0.6 is 0 Å². The van der Waals surface area contributed by atoms with Crippen molar-refractivity contribution < 1.29 is 14.3 Å². The quantitative estimate of drug-likeness (QED) is 0.927. The minimum atomic E-state index is -0.261. The summed E-state index contributed by atoms with van der Waals surface area (Å²) in [6.07, 6.45) is 0.737. The highest BCUT2D eigenvalue weighted by Gasteiger charge is 2.45. The van der Waals surface area contributed by atoms with E-state index in [0.717, 1.165) is 18.7 Å². The minimum Gasteiger partial charge on any atom is -0.447 e. The molecule has 23 heavy (non-hydrogen) atoms. The fraction of sp³-hybridized carbons (Fsp3) is 0.611. The number of hydrogen-bond donors (Lipinski definition) is 1. The molecular weight excluding hydrogens is 292 g/mol. The number of cyclic esters (lactones) is 1. The van der Waals surface area contributed by atoms with Gasteiger partial charge in [0.05, 0.1) is 17.7 Å². The third-order valence-corrected chi connectivity index (χ3v) is 4.64. The van der Waals surface area contributed by atoms with Crippen LogP contribution in [-0.4, -0.2) is 36.5 Å². The molecule has 3 rings (SSSR count). The van der Waals surface area contributed by atoms with E-state index in [1.54, 1.807) is 4.90 Å². The van der Waals surface area contributed by atoms with Crippen molar-refractivity contribution in [2.45, 2.75) is 57.9 Å². The van der Waals surface area contributed by atoms with E-state index in [2.05, 4.69) is 45.1 Å². The van der Waals surface area contributed by atoms with Gasteiger partial charge in [0.2, 0.25) is 0 Å². The van der Waals surface area contributed by atoms with Crippen molar-refractivity contribution in [3.05, 3.63) is 29.8 Å². The van der Waals surface area contributed by atoms with Gasteiger partial charge in [-0.1, -0.05) is 12.1 Å². The van der Waals surface area contributed by atoms with Crippen molar-refractivity contribution in [2.24, 2.45) is 0 Å². The molecule has 2 aliphatic rings. The van der Waals surface area contributed by atoms with Crippen molar-refractivity contribution in [1.82, 2.24) is 5.32 Å². The van der Waals surface area contributed by atoms with Crippen LogP contribution in [0.2, 0.25) is 0 Å². The van der Waals surface area contributed by atoms with Gasteiger partial charge >= 0.3 is 6.09 Å². The van der Waals surface area contributed by atoms with Crippen molar-refractivity contribution >= 4 is 11.8 Å². The number of nitrogens with one attached hydrogen (secondary N) is 1. The normalized spacial score (nSPS) is 25.7. The molecule has 2 heterocycles. The second-order valence-electron chi connectivity index (χ2n) is 7.54. The molecule has 0 spiro atoms. The maximum absolute atomic E-state index is 11.6. The summed E-state index contributed by atoms with van der Waals surface area (Å²) in [7, 11) is 0. The van der Waals surface area contributed by atoms with Gasteiger partial charge in [-0.05, 0) is 51.8 Å². The van der Waals surface area contributed by atoms with E-state index in [0.29, 0.717) is 19.2 Å². The van der Waals surface area contributed by atoms with Gasteiger partial charge in [-0.2, -0.15) is 0 Å². The molecule has 1 N–H and O–H groups in total.